The molecule has 0 radical (unpaired) electrons. The summed E-state index contributed by atoms with van der Waals surface area (Å²) >= 11 is 5.74. The molecule has 0 aliphatic carbocycles. The molecule has 0 saturated heterocycles. The van der Waals surface area contributed by atoms with Crippen LogP contribution < -0.4 is 10.6 Å². The quantitative estimate of drug-likeness (QED) is 0.569. The van der Waals surface area contributed by atoms with E-state index in [1.54, 1.807) is 18.2 Å². The van der Waals surface area contributed by atoms with Crippen molar-refractivity contribution in [2.75, 3.05) is 19.8 Å². The van der Waals surface area contributed by atoms with Gasteiger partial charge in [0, 0.05) is 10.6 Å². The summed E-state index contributed by atoms with van der Waals surface area (Å²) in [5.74, 6) is -0.925. The van der Waals surface area contributed by atoms with Crippen LogP contribution in [0.5, 0.6) is 0 Å². The van der Waals surface area contributed by atoms with Crippen LogP contribution >= 0.6 is 11.6 Å². The van der Waals surface area contributed by atoms with Crippen LogP contribution in [0.25, 0.3) is 0 Å². The first-order valence-electron chi connectivity index (χ1n) is 5.61. The van der Waals surface area contributed by atoms with E-state index < -0.39 is 17.9 Å². The van der Waals surface area contributed by atoms with Gasteiger partial charge in [0.1, 0.15) is 0 Å². The van der Waals surface area contributed by atoms with Gasteiger partial charge in [0.05, 0.1) is 25.8 Å². The summed E-state index contributed by atoms with van der Waals surface area (Å²) in [7, 11) is 0. The molecule has 6 nitrogen and oxygen atoms in total. The molecular weight excluding hydrogens is 272 g/mol. The second kappa shape index (κ2) is 7.73. The summed E-state index contributed by atoms with van der Waals surface area (Å²) < 4.78 is 0. The van der Waals surface area contributed by atoms with Crippen molar-refractivity contribution in [2.45, 2.75) is 6.04 Å². The molecule has 0 spiro atoms. The molecule has 1 aromatic rings. The number of hydrogen-bond donors (Lipinski definition) is 4. The van der Waals surface area contributed by atoms with E-state index in [2.05, 4.69) is 10.6 Å². The maximum atomic E-state index is 11.7. The van der Waals surface area contributed by atoms with E-state index >= 15 is 0 Å². The molecule has 0 atom stereocenters. The molecule has 0 bridgehead atoms. The molecule has 104 valence electrons. The highest BCUT2D eigenvalue weighted by atomic mass is 35.5. The predicted molar refractivity (Wildman–Crippen MR) is 69.9 cm³/mol. The smallest absolute Gasteiger partial charge is 0.251 e. The lowest BCUT2D eigenvalue weighted by molar-refractivity contribution is -0.121. The summed E-state index contributed by atoms with van der Waals surface area (Å²) in [5.41, 5.74) is 0.348. The van der Waals surface area contributed by atoms with Gasteiger partial charge in [-0.2, -0.15) is 0 Å². The van der Waals surface area contributed by atoms with Crippen LogP contribution in [0.3, 0.4) is 0 Å². The third kappa shape index (κ3) is 5.25. The van der Waals surface area contributed by atoms with Gasteiger partial charge < -0.3 is 20.8 Å². The Morgan fingerprint density at radius 2 is 1.95 bits per heavy atom. The Bertz CT molecular complexity index is 449. The Kier molecular flexibility index (Phi) is 6.27. The maximum absolute atomic E-state index is 11.7. The highest BCUT2D eigenvalue weighted by molar-refractivity contribution is 6.30. The molecule has 0 aromatic heterocycles. The SMILES string of the molecule is O=C(CNC(=O)c1cccc(Cl)c1)NC(CO)CO. The zero-order valence-electron chi connectivity index (χ0n) is 10.1. The highest BCUT2D eigenvalue weighted by Gasteiger charge is 2.12. The number of aliphatic hydroxyl groups is 2. The van der Waals surface area contributed by atoms with E-state index in [0.717, 1.165) is 0 Å². The number of rotatable bonds is 6. The van der Waals surface area contributed by atoms with Crippen LogP contribution in [-0.4, -0.2) is 47.8 Å². The molecule has 1 rings (SSSR count). The van der Waals surface area contributed by atoms with Crippen LogP contribution in [-0.2, 0) is 4.79 Å². The van der Waals surface area contributed by atoms with E-state index in [9.17, 15) is 9.59 Å². The minimum Gasteiger partial charge on any atom is -0.394 e. The fourth-order valence-electron chi connectivity index (χ4n) is 1.32. The minimum atomic E-state index is -0.726. The lowest BCUT2D eigenvalue weighted by Gasteiger charge is -2.13. The van der Waals surface area contributed by atoms with Gasteiger partial charge in [-0.1, -0.05) is 17.7 Å². The Balaban J connectivity index is 2.44. The summed E-state index contributed by atoms with van der Waals surface area (Å²) in [4.78, 5) is 23.1. The molecule has 0 aliphatic rings. The van der Waals surface area contributed by atoms with Gasteiger partial charge in [-0.15, -0.1) is 0 Å². The van der Waals surface area contributed by atoms with Gasteiger partial charge in [0.15, 0.2) is 0 Å². The highest BCUT2D eigenvalue weighted by Crippen LogP contribution is 2.10. The Hall–Kier alpha value is -1.63. The average molecular weight is 287 g/mol. The number of carbonyl (C=O) groups excluding carboxylic acids is 2. The fourth-order valence-corrected chi connectivity index (χ4v) is 1.51. The number of amides is 2. The van der Waals surface area contributed by atoms with Crippen LogP contribution in [0.2, 0.25) is 5.02 Å². The standard InChI is InChI=1S/C12H15ClN2O4/c13-9-3-1-2-8(4-9)12(19)14-5-11(18)15-10(6-16)7-17/h1-4,10,16-17H,5-7H2,(H,14,19)(H,15,18). The number of carbonyl (C=O) groups is 2. The third-order valence-electron chi connectivity index (χ3n) is 2.30. The number of aliphatic hydroxyl groups excluding tert-OH is 2. The lowest BCUT2D eigenvalue weighted by Crippen LogP contribution is -2.45. The molecule has 4 N–H and O–H groups in total. The van der Waals surface area contributed by atoms with Gasteiger partial charge in [-0.25, -0.2) is 0 Å². The molecule has 1 aromatic carbocycles. The van der Waals surface area contributed by atoms with E-state index in [0.29, 0.717) is 10.6 Å². The van der Waals surface area contributed by atoms with Crippen molar-refractivity contribution in [1.82, 2.24) is 10.6 Å². The first-order valence-corrected chi connectivity index (χ1v) is 5.99. The molecule has 0 saturated carbocycles. The molecule has 19 heavy (non-hydrogen) atoms. The average Bonchev–Trinajstić information content (AvgIpc) is 2.42. The zero-order valence-corrected chi connectivity index (χ0v) is 10.9. The van der Waals surface area contributed by atoms with Gasteiger partial charge >= 0.3 is 0 Å². The molecule has 7 heteroatoms. The van der Waals surface area contributed by atoms with E-state index in [-0.39, 0.29) is 19.8 Å². The van der Waals surface area contributed by atoms with Crippen LogP contribution in [0.4, 0.5) is 0 Å². The predicted octanol–water partition coefficient (Wildman–Crippen LogP) is -0.461. The van der Waals surface area contributed by atoms with Crippen molar-refractivity contribution < 1.29 is 19.8 Å². The van der Waals surface area contributed by atoms with Crippen LogP contribution in [0.15, 0.2) is 24.3 Å². The molecule has 0 unspecified atom stereocenters. The topological polar surface area (TPSA) is 98.7 Å². The number of nitrogens with one attached hydrogen (secondary N) is 2. The largest absolute Gasteiger partial charge is 0.394 e. The first-order chi connectivity index (χ1) is 9.06. The monoisotopic (exact) mass is 286 g/mol. The first kappa shape index (κ1) is 15.4. The Labute approximate surface area is 115 Å². The number of hydrogen-bond acceptors (Lipinski definition) is 4. The van der Waals surface area contributed by atoms with Gasteiger partial charge in [0.2, 0.25) is 5.91 Å². The molecule has 2 amide bonds. The fraction of sp³-hybridized carbons (Fsp3) is 0.333. The molecular formula is C12H15ClN2O4. The van der Waals surface area contributed by atoms with Crippen molar-refractivity contribution in [3.05, 3.63) is 34.9 Å². The maximum Gasteiger partial charge on any atom is 0.251 e. The van der Waals surface area contributed by atoms with E-state index in [4.69, 9.17) is 21.8 Å². The third-order valence-corrected chi connectivity index (χ3v) is 2.54. The zero-order chi connectivity index (χ0) is 14.3. The van der Waals surface area contributed by atoms with Crippen LogP contribution in [0.1, 0.15) is 10.4 Å². The molecule has 0 heterocycles. The van der Waals surface area contributed by atoms with Crippen molar-refractivity contribution >= 4 is 23.4 Å². The Morgan fingerprint density at radius 3 is 2.53 bits per heavy atom. The summed E-state index contributed by atoms with van der Waals surface area (Å²) in [6, 6.07) is 5.60. The van der Waals surface area contributed by atoms with Crippen molar-refractivity contribution in [3.63, 3.8) is 0 Å². The van der Waals surface area contributed by atoms with Crippen molar-refractivity contribution in [1.29, 1.82) is 0 Å². The summed E-state index contributed by atoms with van der Waals surface area (Å²) in [6.07, 6.45) is 0. The summed E-state index contributed by atoms with van der Waals surface area (Å²) in [5, 5.41) is 22.8. The second-order valence-electron chi connectivity index (χ2n) is 3.82. The number of halogens is 1. The summed E-state index contributed by atoms with van der Waals surface area (Å²) in [6.45, 7) is -0.989. The van der Waals surface area contributed by atoms with E-state index in [1.807, 2.05) is 0 Å². The second-order valence-corrected chi connectivity index (χ2v) is 4.26. The molecule has 0 aliphatic heterocycles. The van der Waals surface area contributed by atoms with Crippen molar-refractivity contribution in [3.8, 4) is 0 Å². The van der Waals surface area contributed by atoms with Gasteiger partial charge in [-0.3, -0.25) is 9.59 Å². The Morgan fingerprint density at radius 1 is 1.26 bits per heavy atom. The van der Waals surface area contributed by atoms with Crippen LogP contribution in [0, 0.1) is 0 Å². The normalized spacial score (nSPS) is 10.3. The lowest BCUT2D eigenvalue weighted by atomic mass is 10.2. The van der Waals surface area contributed by atoms with Gasteiger partial charge in [-0.05, 0) is 18.2 Å². The minimum absolute atomic E-state index is 0.248. The van der Waals surface area contributed by atoms with E-state index in [1.165, 1.54) is 6.07 Å². The number of benzene rings is 1. The molecule has 0 fully saturated rings. The van der Waals surface area contributed by atoms with Crippen molar-refractivity contribution in [2.24, 2.45) is 0 Å². The van der Waals surface area contributed by atoms with Gasteiger partial charge in [0.25, 0.3) is 5.91 Å².